The SMILES string of the molecule is CCCN(CCC)C(=O)C(CO)NC(=O)c1ccccc1. The van der Waals surface area contributed by atoms with E-state index in [2.05, 4.69) is 5.32 Å². The van der Waals surface area contributed by atoms with Crippen LogP contribution in [0.3, 0.4) is 0 Å². The lowest BCUT2D eigenvalue weighted by Crippen LogP contribution is -2.51. The van der Waals surface area contributed by atoms with Gasteiger partial charge in [0, 0.05) is 18.7 Å². The Morgan fingerprint density at radius 2 is 1.71 bits per heavy atom. The average molecular weight is 292 g/mol. The number of benzene rings is 1. The normalized spacial score (nSPS) is 11.8. The molecule has 0 aliphatic heterocycles. The van der Waals surface area contributed by atoms with Crippen LogP contribution in [0.15, 0.2) is 30.3 Å². The molecule has 1 atom stereocenters. The van der Waals surface area contributed by atoms with Crippen LogP contribution in [0.2, 0.25) is 0 Å². The third-order valence-corrected chi connectivity index (χ3v) is 3.12. The summed E-state index contributed by atoms with van der Waals surface area (Å²) in [4.78, 5) is 26.1. The highest BCUT2D eigenvalue weighted by atomic mass is 16.3. The number of carbonyl (C=O) groups is 2. The van der Waals surface area contributed by atoms with Gasteiger partial charge in [-0.25, -0.2) is 0 Å². The van der Waals surface area contributed by atoms with Crippen molar-refractivity contribution in [3.05, 3.63) is 35.9 Å². The molecule has 1 rings (SSSR count). The molecular weight excluding hydrogens is 268 g/mol. The summed E-state index contributed by atoms with van der Waals surface area (Å²) in [6, 6.07) is 7.77. The molecule has 0 aliphatic rings. The first-order valence-electron chi connectivity index (χ1n) is 7.39. The second-order valence-electron chi connectivity index (χ2n) is 4.90. The molecule has 0 heterocycles. The third-order valence-electron chi connectivity index (χ3n) is 3.12. The Morgan fingerprint density at radius 1 is 1.14 bits per heavy atom. The molecular formula is C16H24N2O3. The lowest BCUT2D eigenvalue weighted by Gasteiger charge is -2.26. The quantitative estimate of drug-likeness (QED) is 0.761. The van der Waals surface area contributed by atoms with Crippen molar-refractivity contribution < 1.29 is 14.7 Å². The zero-order valence-corrected chi connectivity index (χ0v) is 12.7. The zero-order valence-electron chi connectivity index (χ0n) is 12.7. The Morgan fingerprint density at radius 3 is 2.19 bits per heavy atom. The summed E-state index contributed by atoms with van der Waals surface area (Å²) in [5, 5.41) is 12.0. The summed E-state index contributed by atoms with van der Waals surface area (Å²) < 4.78 is 0. The van der Waals surface area contributed by atoms with Crippen molar-refractivity contribution in [2.24, 2.45) is 0 Å². The van der Waals surface area contributed by atoms with Gasteiger partial charge in [0.05, 0.1) is 6.61 Å². The van der Waals surface area contributed by atoms with E-state index in [-0.39, 0.29) is 11.8 Å². The molecule has 21 heavy (non-hydrogen) atoms. The number of hydrogen-bond donors (Lipinski definition) is 2. The summed E-state index contributed by atoms with van der Waals surface area (Å²) in [6.07, 6.45) is 1.69. The highest BCUT2D eigenvalue weighted by Gasteiger charge is 2.24. The molecule has 5 heteroatoms. The first kappa shape index (κ1) is 17.2. The van der Waals surface area contributed by atoms with Crippen LogP contribution in [-0.4, -0.2) is 47.6 Å². The third kappa shape index (κ3) is 5.19. The van der Waals surface area contributed by atoms with Crippen molar-refractivity contribution in [1.29, 1.82) is 0 Å². The fourth-order valence-corrected chi connectivity index (χ4v) is 2.11. The number of nitrogens with zero attached hydrogens (tertiary/aromatic N) is 1. The number of carbonyl (C=O) groups excluding carboxylic acids is 2. The molecule has 2 amide bonds. The molecule has 0 fully saturated rings. The minimum atomic E-state index is -0.893. The summed E-state index contributed by atoms with van der Waals surface area (Å²) in [6.45, 7) is 4.84. The molecule has 116 valence electrons. The van der Waals surface area contributed by atoms with Crippen molar-refractivity contribution >= 4 is 11.8 Å². The van der Waals surface area contributed by atoms with Gasteiger partial charge in [-0.3, -0.25) is 9.59 Å². The van der Waals surface area contributed by atoms with E-state index in [1.807, 2.05) is 19.9 Å². The molecule has 1 aromatic rings. The Labute approximate surface area is 126 Å². The topological polar surface area (TPSA) is 69.6 Å². The fourth-order valence-electron chi connectivity index (χ4n) is 2.11. The molecule has 0 spiro atoms. The van der Waals surface area contributed by atoms with Gasteiger partial charge in [-0.05, 0) is 25.0 Å². The van der Waals surface area contributed by atoms with Gasteiger partial charge in [-0.1, -0.05) is 32.0 Å². The Bertz CT molecular complexity index is 442. The Balaban J connectivity index is 2.72. The van der Waals surface area contributed by atoms with E-state index in [0.717, 1.165) is 12.8 Å². The van der Waals surface area contributed by atoms with E-state index in [1.54, 1.807) is 29.2 Å². The minimum absolute atomic E-state index is 0.231. The second-order valence-corrected chi connectivity index (χ2v) is 4.90. The van der Waals surface area contributed by atoms with Gasteiger partial charge in [0.2, 0.25) is 5.91 Å². The lowest BCUT2D eigenvalue weighted by molar-refractivity contribution is -0.134. The van der Waals surface area contributed by atoms with E-state index in [1.165, 1.54) is 0 Å². The van der Waals surface area contributed by atoms with Gasteiger partial charge < -0.3 is 15.3 Å². The number of aliphatic hydroxyl groups excluding tert-OH is 1. The molecule has 1 aromatic carbocycles. The maximum Gasteiger partial charge on any atom is 0.251 e. The number of rotatable bonds is 8. The van der Waals surface area contributed by atoms with Crippen molar-refractivity contribution in [1.82, 2.24) is 10.2 Å². The van der Waals surface area contributed by atoms with Crippen molar-refractivity contribution in [2.45, 2.75) is 32.7 Å². The molecule has 1 unspecified atom stereocenters. The maximum atomic E-state index is 12.4. The molecule has 0 saturated carbocycles. The van der Waals surface area contributed by atoms with Crippen LogP contribution in [0.1, 0.15) is 37.0 Å². The number of amides is 2. The number of aliphatic hydroxyl groups is 1. The molecule has 0 aliphatic carbocycles. The fraction of sp³-hybridized carbons (Fsp3) is 0.500. The molecule has 5 nitrogen and oxygen atoms in total. The summed E-state index contributed by atoms with van der Waals surface area (Å²) >= 11 is 0. The smallest absolute Gasteiger partial charge is 0.251 e. The van der Waals surface area contributed by atoms with Crippen molar-refractivity contribution in [2.75, 3.05) is 19.7 Å². The van der Waals surface area contributed by atoms with Gasteiger partial charge in [0.15, 0.2) is 0 Å². The van der Waals surface area contributed by atoms with Crippen LogP contribution >= 0.6 is 0 Å². The highest BCUT2D eigenvalue weighted by molar-refractivity contribution is 5.97. The van der Waals surface area contributed by atoms with E-state index < -0.39 is 12.6 Å². The summed E-state index contributed by atoms with van der Waals surface area (Å²) in [5.41, 5.74) is 0.473. The predicted molar refractivity (Wildman–Crippen MR) is 81.9 cm³/mol. The van der Waals surface area contributed by atoms with Crippen LogP contribution in [0, 0.1) is 0 Å². The molecule has 0 saturated heterocycles. The molecule has 2 N–H and O–H groups in total. The zero-order chi connectivity index (χ0) is 15.7. The number of nitrogens with one attached hydrogen (secondary N) is 1. The maximum absolute atomic E-state index is 12.4. The average Bonchev–Trinajstić information content (AvgIpc) is 2.52. The van der Waals surface area contributed by atoms with Gasteiger partial charge in [-0.2, -0.15) is 0 Å². The highest BCUT2D eigenvalue weighted by Crippen LogP contribution is 2.03. The van der Waals surface area contributed by atoms with Gasteiger partial charge in [0.25, 0.3) is 5.91 Å². The predicted octanol–water partition coefficient (Wildman–Crippen LogP) is 1.43. The first-order valence-corrected chi connectivity index (χ1v) is 7.39. The van der Waals surface area contributed by atoms with Gasteiger partial charge in [0.1, 0.15) is 6.04 Å². The van der Waals surface area contributed by atoms with Crippen LogP contribution in [0.4, 0.5) is 0 Å². The summed E-state index contributed by atoms with van der Waals surface area (Å²) in [7, 11) is 0. The monoisotopic (exact) mass is 292 g/mol. The molecule has 0 radical (unpaired) electrons. The minimum Gasteiger partial charge on any atom is -0.394 e. The first-order chi connectivity index (χ1) is 10.1. The second kappa shape index (κ2) is 9.13. The number of hydrogen-bond acceptors (Lipinski definition) is 3. The Hall–Kier alpha value is -1.88. The molecule has 0 aromatic heterocycles. The largest absolute Gasteiger partial charge is 0.394 e. The van der Waals surface area contributed by atoms with Crippen LogP contribution in [0.5, 0.6) is 0 Å². The van der Waals surface area contributed by atoms with Gasteiger partial charge in [-0.15, -0.1) is 0 Å². The van der Waals surface area contributed by atoms with Crippen molar-refractivity contribution in [3.63, 3.8) is 0 Å². The van der Waals surface area contributed by atoms with E-state index in [9.17, 15) is 14.7 Å². The summed E-state index contributed by atoms with van der Waals surface area (Å²) in [5.74, 6) is -0.582. The van der Waals surface area contributed by atoms with Crippen LogP contribution in [0.25, 0.3) is 0 Å². The van der Waals surface area contributed by atoms with E-state index >= 15 is 0 Å². The van der Waals surface area contributed by atoms with Gasteiger partial charge >= 0.3 is 0 Å². The van der Waals surface area contributed by atoms with Crippen LogP contribution < -0.4 is 5.32 Å². The van der Waals surface area contributed by atoms with E-state index in [4.69, 9.17) is 0 Å². The standard InChI is InChI=1S/C16H24N2O3/c1-3-10-18(11-4-2)16(21)14(12-19)17-15(20)13-8-6-5-7-9-13/h5-9,14,19H,3-4,10-12H2,1-2H3,(H,17,20). The van der Waals surface area contributed by atoms with Crippen LogP contribution in [-0.2, 0) is 4.79 Å². The lowest BCUT2D eigenvalue weighted by atomic mass is 10.2. The van der Waals surface area contributed by atoms with Crippen molar-refractivity contribution in [3.8, 4) is 0 Å². The van der Waals surface area contributed by atoms with E-state index in [0.29, 0.717) is 18.7 Å². The molecule has 0 bridgehead atoms. The Kier molecular flexibility index (Phi) is 7.46.